The largest absolute Gasteiger partial charge is 0.467 e. The molecule has 0 unspecified atom stereocenters. The minimum Gasteiger partial charge on any atom is -0.467 e. The van der Waals surface area contributed by atoms with Crippen molar-refractivity contribution in [3.8, 4) is 0 Å². The van der Waals surface area contributed by atoms with Gasteiger partial charge < -0.3 is 14.5 Å². The molecule has 0 fully saturated rings. The average molecular weight is 364 g/mol. The number of esters is 1. The smallest absolute Gasteiger partial charge is 0.348 e. The molecule has 0 aliphatic carbocycles. The molecular weight excluding hydrogens is 344 g/mol. The molecule has 0 bridgehead atoms. The number of thiophene rings is 1. The number of aryl methyl sites for hydroxylation is 2. The van der Waals surface area contributed by atoms with Crippen LogP contribution < -0.4 is 10.6 Å². The van der Waals surface area contributed by atoms with Crippen LogP contribution in [0, 0.1) is 6.92 Å². The molecule has 8 heteroatoms. The molecule has 3 amide bonds. The number of furan rings is 1. The van der Waals surface area contributed by atoms with Gasteiger partial charge in [-0.15, -0.1) is 11.3 Å². The highest BCUT2D eigenvalue weighted by Crippen LogP contribution is 2.23. The van der Waals surface area contributed by atoms with E-state index in [0.717, 1.165) is 23.3 Å². The first-order chi connectivity index (χ1) is 12.0. The van der Waals surface area contributed by atoms with Crippen molar-refractivity contribution in [2.45, 2.75) is 33.2 Å². The number of hydrogen-bond donors (Lipinski definition) is 2. The van der Waals surface area contributed by atoms with Gasteiger partial charge >= 0.3 is 12.0 Å². The number of hydrogen-bond acceptors (Lipinski definition) is 6. The zero-order chi connectivity index (χ0) is 18.2. The van der Waals surface area contributed by atoms with E-state index in [0.29, 0.717) is 10.6 Å². The Morgan fingerprint density at radius 1 is 1.32 bits per heavy atom. The minimum atomic E-state index is -0.702. The van der Waals surface area contributed by atoms with E-state index >= 15 is 0 Å². The van der Waals surface area contributed by atoms with Crippen molar-refractivity contribution in [3.63, 3.8) is 0 Å². The van der Waals surface area contributed by atoms with Crippen LogP contribution in [0.1, 0.15) is 39.2 Å². The minimum absolute atomic E-state index is 0.153. The standard InChI is InChI=1S/C17H20N2O5S/c1-3-5-12-8-14(25-11(12)2)16(21)24-10-15(20)19-17(22)18-9-13-6-4-7-23-13/h4,6-8H,3,5,9-10H2,1-2H3,(H2,18,19,20,22). The van der Waals surface area contributed by atoms with Gasteiger partial charge in [0.05, 0.1) is 12.8 Å². The number of urea groups is 1. The van der Waals surface area contributed by atoms with E-state index in [9.17, 15) is 14.4 Å². The maximum atomic E-state index is 12.0. The molecule has 0 aliphatic rings. The van der Waals surface area contributed by atoms with Crippen LogP contribution in [0.4, 0.5) is 4.79 Å². The van der Waals surface area contributed by atoms with Gasteiger partial charge in [-0.2, -0.15) is 0 Å². The molecule has 134 valence electrons. The molecule has 0 saturated carbocycles. The van der Waals surface area contributed by atoms with E-state index in [1.165, 1.54) is 17.6 Å². The van der Waals surface area contributed by atoms with Crippen molar-refractivity contribution in [2.75, 3.05) is 6.61 Å². The van der Waals surface area contributed by atoms with Crippen molar-refractivity contribution in [1.29, 1.82) is 0 Å². The Hall–Kier alpha value is -2.61. The van der Waals surface area contributed by atoms with Crippen molar-refractivity contribution in [3.05, 3.63) is 45.5 Å². The Balaban J connectivity index is 1.74. The van der Waals surface area contributed by atoms with Crippen molar-refractivity contribution in [2.24, 2.45) is 0 Å². The maximum absolute atomic E-state index is 12.0. The Bertz CT molecular complexity index is 736. The van der Waals surface area contributed by atoms with Crippen molar-refractivity contribution < 1.29 is 23.5 Å². The van der Waals surface area contributed by atoms with Crippen LogP contribution in [0.5, 0.6) is 0 Å². The fourth-order valence-corrected chi connectivity index (χ4v) is 3.09. The average Bonchev–Trinajstić information content (AvgIpc) is 3.21. The van der Waals surface area contributed by atoms with Crippen LogP contribution in [-0.2, 0) is 22.5 Å². The highest BCUT2D eigenvalue weighted by Gasteiger charge is 2.16. The zero-order valence-electron chi connectivity index (χ0n) is 14.1. The predicted molar refractivity (Wildman–Crippen MR) is 92.4 cm³/mol. The van der Waals surface area contributed by atoms with Gasteiger partial charge in [0.15, 0.2) is 6.61 Å². The summed E-state index contributed by atoms with van der Waals surface area (Å²) in [5.41, 5.74) is 1.11. The predicted octanol–water partition coefficient (Wildman–Crippen LogP) is 2.78. The molecule has 0 radical (unpaired) electrons. The summed E-state index contributed by atoms with van der Waals surface area (Å²) in [6, 6.07) is 4.49. The molecule has 2 rings (SSSR count). The van der Waals surface area contributed by atoms with Crippen molar-refractivity contribution in [1.82, 2.24) is 10.6 Å². The number of carbonyl (C=O) groups is 3. The zero-order valence-corrected chi connectivity index (χ0v) is 14.9. The highest BCUT2D eigenvalue weighted by molar-refractivity contribution is 7.14. The van der Waals surface area contributed by atoms with Crippen LogP contribution in [0.25, 0.3) is 0 Å². The fourth-order valence-electron chi connectivity index (χ4n) is 2.13. The Morgan fingerprint density at radius 2 is 2.12 bits per heavy atom. The van der Waals surface area contributed by atoms with Crippen LogP contribution in [-0.4, -0.2) is 24.5 Å². The van der Waals surface area contributed by atoms with Crippen LogP contribution >= 0.6 is 11.3 Å². The molecule has 2 aromatic rings. The van der Waals surface area contributed by atoms with Gasteiger partial charge in [0.1, 0.15) is 10.6 Å². The molecule has 0 aromatic carbocycles. The highest BCUT2D eigenvalue weighted by atomic mass is 32.1. The summed E-state index contributed by atoms with van der Waals surface area (Å²) in [5.74, 6) is -0.709. The second-order valence-electron chi connectivity index (χ2n) is 5.33. The second kappa shape index (κ2) is 9.03. The molecule has 25 heavy (non-hydrogen) atoms. The van der Waals surface area contributed by atoms with Gasteiger partial charge in [0, 0.05) is 4.88 Å². The molecule has 2 heterocycles. The quantitative estimate of drug-likeness (QED) is 0.736. The van der Waals surface area contributed by atoms with Crippen LogP contribution in [0.15, 0.2) is 28.9 Å². The summed E-state index contributed by atoms with van der Waals surface area (Å²) in [4.78, 5) is 36.7. The first-order valence-electron chi connectivity index (χ1n) is 7.86. The summed E-state index contributed by atoms with van der Waals surface area (Å²) in [6.45, 7) is 3.65. The Labute approximate surface area is 149 Å². The lowest BCUT2D eigenvalue weighted by molar-refractivity contribution is -0.123. The number of nitrogens with one attached hydrogen (secondary N) is 2. The lowest BCUT2D eigenvalue weighted by Crippen LogP contribution is -2.41. The molecular formula is C17H20N2O5S. The van der Waals surface area contributed by atoms with Gasteiger partial charge in [-0.25, -0.2) is 9.59 Å². The van der Waals surface area contributed by atoms with Crippen LogP contribution in [0.2, 0.25) is 0 Å². The molecule has 0 atom stereocenters. The van der Waals surface area contributed by atoms with E-state index in [4.69, 9.17) is 9.15 Å². The molecule has 2 aromatic heterocycles. The van der Waals surface area contributed by atoms with E-state index in [1.54, 1.807) is 18.2 Å². The number of imide groups is 1. The lowest BCUT2D eigenvalue weighted by Gasteiger charge is -2.06. The first kappa shape index (κ1) is 18.7. The molecule has 2 N–H and O–H groups in total. The third-order valence-corrected chi connectivity index (χ3v) is 4.40. The summed E-state index contributed by atoms with van der Waals surface area (Å²) in [7, 11) is 0. The summed E-state index contributed by atoms with van der Waals surface area (Å²) in [6.07, 6.45) is 3.37. The first-order valence-corrected chi connectivity index (χ1v) is 8.67. The second-order valence-corrected chi connectivity index (χ2v) is 6.58. The van der Waals surface area contributed by atoms with Crippen molar-refractivity contribution >= 4 is 29.2 Å². The van der Waals surface area contributed by atoms with E-state index in [-0.39, 0.29) is 6.54 Å². The Kier molecular flexibility index (Phi) is 6.76. The van der Waals surface area contributed by atoms with Gasteiger partial charge in [-0.1, -0.05) is 13.3 Å². The topological polar surface area (TPSA) is 97.6 Å². The normalized spacial score (nSPS) is 10.3. The lowest BCUT2D eigenvalue weighted by atomic mass is 10.1. The summed E-state index contributed by atoms with van der Waals surface area (Å²) in [5, 5.41) is 4.54. The molecule has 0 saturated heterocycles. The Morgan fingerprint density at radius 3 is 2.80 bits per heavy atom. The molecule has 0 aliphatic heterocycles. The third-order valence-electron chi connectivity index (χ3n) is 3.33. The van der Waals surface area contributed by atoms with Crippen LogP contribution in [0.3, 0.4) is 0 Å². The number of amides is 3. The molecule has 0 spiro atoms. The third kappa shape index (κ3) is 5.75. The SMILES string of the molecule is CCCc1cc(C(=O)OCC(=O)NC(=O)NCc2ccco2)sc1C. The van der Waals surface area contributed by atoms with Gasteiger partial charge in [-0.3, -0.25) is 10.1 Å². The number of ether oxygens (including phenoxy) is 1. The van der Waals surface area contributed by atoms with E-state index in [2.05, 4.69) is 17.6 Å². The number of carbonyl (C=O) groups excluding carboxylic acids is 3. The molecule has 7 nitrogen and oxygen atoms in total. The van der Waals surface area contributed by atoms with E-state index in [1.807, 2.05) is 6.92 Å². The van der Waals surface area contributed by atoms with Gasteiger partial charge in [0.25, 0.3) is 5.91 Å². The van der Waals surface area contributed by atoms with Gasteiger partial charge in [-0.05, 0) is 37.1 Å². The summed E-state index contributed by atoms with van der Waals surface area (Å²) < 4.78 is 10.00. The van der Waals surface area contributed by atoms with E-state index < -0.39 is 24.5 Å². The monoisotopic (exact) mass is 364 g/mol. The fraction of sp³-hybridized carbons (Fsp3) is 0.353. The summed E-state index contributed by atoms with van der Waals surface area (Å²) >= 11 is 1.34. The van der Waals surface area contributed by atoms with Gasteiger partial charge in [0.2, 0.25) is 0 Å². The maximum Gasteiger partial charge on any atom is 0.348 e. The number of rotatable bonds is 7.